The van der Waals surface area contributed by atoms with Crippen molar-refractivity contribution in [1.82, 2.24) is 20.1 Å². The zero-order valence-corrected chi connectivity index (χ0v) is 14.6. The molecule has 1 aromatic carbocycles. The number of carbonyl (C=O) groups is 1. The minimum atomic E-state index is -0.152. The Kier molecular flexibility index (Phi) is 5.00. The molecule has 0 spiro atoms. The average molecular weight is 345 g/mol. The third-order valence-corrected chi connectivity index (χ3v) is 4.39. The van der Waals surface area contributed by atoms with Gasteiger partial charge in [-0.15, -0.1) is 10.2 Å². The van der Waals surface area contributed by atoms with Crippen molar-refractivity contribution in [3.63, 3.8) is 0 Å². The highest BCUT2D eigenvalue weighted by Gasteiger charge is 2.27. The zero-order chi connectivity index (χ0) is 17.1. The van der Waals surface area contributed by atoms with Crippen molar-refractivity contribution in [3.8, 4) is 0 Å². The molecule has 0 saturated carbocycles. The summed E-state index contributed by atoms with van der Waals surface area (Å²) in [7, 11) is 0. The Hall–Kier alpha value is -2.14. The molecule has 1 N–H and O–H groups in total. The van der Waals surface area contributed by atoms with Crippen molar-refractivity contribution >= 4 is 23.6 Å². The normalized spacial score (nSPS) is 15.0. The molecule has 1 aliphatic heterocycles. The quantitative estimate of drug-likeness (QED) is 0.845. The Morgan fingerprint density at radius 3 is 2.96 bits per heavy atom. The first-order chi connectivity index (χ1) is 11.5. The van der Waals surface area contributed by atoms with Gasteiger partial charge in [0.25, 0.3) is 0 Å². The van der Waals surface area contributed by atoms with Crippen molar-refractivity contribution in [1.29, 1.82) is 0 Å². The number of hydrogen-bond donors (Lipinski definition) is 1. The fraction of sp³-hybridized carbons (Fsp3) is 0.389. The lowest BCUT2D eigenvalue weighted by atomic mass is 10.0. The number of rotatable bonds is 5. The summed E-state index contributed by atoms with van der Waals surface area (Å²) in [5.74, 6) is 1.94. The van der Waals surface area contributed by atoms with Crippen molar-refractivity contribution in [2.24, 2.45) is 5.92 Å². The maximum absolute atomic E-state index is 12.3. The molecular weight excluding hydrogens is 324 g/mol. The monoisotopic (exact) mass is 344 g/mol. The molecule has 2 aromatic rings. The molecule has 0 aliphatic carbocycles. The van der Waals surface area contributed by atoms with Gasteiger partial charge in [0.2, 0.25) is 5.91 Å². The molecule has 0 fully saturated rings. The average Bonchev–Trinajstić information content (AvgIpc) is 3.14. The van der Waals surface area contributed by atoms with Crippen LogP contribution >= 0.6 is 11.6 Å². The van der Waals surface area contributed by atoms with Gasteiger partial charge in [-0.3, -0.25) is 4.79 Å². The zero-order valence-electron chi connectivity index (χ0n) is 13.9. The molecule has 5 nitrogen and oxygen atoms in total. The number of fused-ring (bicyclic) bond motifs is 1. The van der Waals surface area contributed by atoms with Gasteiger partial charge in [-0.2, -0.15) is 0 Å². The van der Waals surface area contributed by atoms with Crippen LogP contribution in [0, 0.1) is 5.92 Å². The second kappa shape index (κ2) is 7.18. The molecule has 1 amide bonds. The van der Waals surface area contributed by atoms with Crippen LogP contribution in [0.25, 0.3) is 6.08 Å². The summed E-state index contributed by atoms with van der Waals surface area (Å²) in [6.45, 7) is 5.07. The summed E-state index contributed by atoms with van der Waals surface area (Å²) < 4.78 is 2.13. The number of amides is 1. The number of hydrogen-bond acceptors (Lipinski definition) is 3. The van der Waals surface area contributed by atoms with E-state index in [-0.39, 0.29) is 17.9 Å². The number of halogens is 1. The van der Waals surface area contributed by atoms with Gasteiger partial charge in [0, 0.05) is 24.1 Å². The molecule has 6 heteroatoms. The highest BCUT2D eigenvalue weighted by molar-refractivity contribution is 6.30. The molecule has 126 valence electrons. The maximum atomic E-state index is 12.3. The van der Waals surface area contributed by atoms with Crippen molar-refractivity contribution < 1.29 is 4.79 Å². The molecular formula is C18H21ClN4O. The summed E-state index contributed by atoms with van der Waals surface area (Å²) >= 11 is 5.96. The van der Waals surface area contributed by atoms with Crippen LogP contribution in [0.1, 0.15) is 43.5 Å². The third-order valence-electron chi connectivity index (χ3n) is 4.16. The summed E-state index contributed by atoms with van der Waals surface area (Å²) in [6.07, 6.45) is 5.33. The van der Waals surface area contributed by atoms with E-state index in [1.807, 2.05) is 18.2 Å². The Balaban J connectivity index is 1.72. The Morgan fingerprint density at radius 1 is 1.38 bits per heavy atom. The van der Waals surface area contributed by atoms with Crippen molar-refractivity contribution in [2.45, 2.75) is 39.3 Å². The predicted molar refractivity (Wildman–Crippen MR) is 94.6 cm³/mol. The number of carbonyl (C=O) groups excluding carboxylic acids is 1. The van der Waals surface area contributed by atoms with E-state index in [1.165, 1.54) is 6.08 Å². The van der Waals surface area contributed by atoms with Gasteiger partial charge in [0.05, 0.1) is 6.04 Å². The van der Waals surface area contributed by atoms with Crippen LogP contribution in [-0.4, -0.2) is 20.7 Å². The molecule has 1 unspecified atom stereocenters. The van der Waals surface area contributed by atoms with Gasteiger partial charge in [-0.25, -0.2) is 0 Å². The van der Waals surface area contributed by atoms with Gasteiger partial charge in [-0.05, 0) is 36.1 Å². The van der Waals surface area contributed by atoms with Gasteiger partial charge in [0.15, 0.2) is 5.82 Å². The number of benzene rings is 1. The van der Waals surface area contributed by atoms with E-state index in [0.717, 1.165) is 36.6 Å². The second-order valence-corrected chi connectivity index (χ2v) is 6.78. The fourth-order valence-corrected chi connectivity index (χ4v) is 3.11. The smallest absolute Gasteiger partial charge is 0.244 e. The van der Waals surface area contributed by atoms with Crippen LogP contribution < -0.4 is 5.32 Å². The number of aryl methyl sites for hydroxylation is 1. The lowest BCUT2D eigenvalue weighted by Crippen LogP contribution is -2.32. The second-order valence-electron chi connectivity index (χ2n) is 6.35. The molecule has 1 aliphatic rings. The van der Waals surface area contributed by atoms with E-state index in [0.29, 0.717) is 5.02 Å². The Bertz CT molecular complexity index is 766. The summed E-state index contributed by atoms with van der Waals surface area (Å²) in [5.41, 5.74) is 0.891. The minimum absolute atomic E-state index is 0.149. The van der Waals surface area contributed by atoms with Gasteiger partial charge < -0.3 is 9.88 Å². The van der Waals surface area contributed by atoms with E-state index in [9.17, 15) is 4.79 Å². The van der Waals surface area contributed by atoms with E-state index < -0.39 is 0 Å². The Morgan fingerprint density at radius 2 is 2.21 bits per heavy atom. The van der Waals surface area contributed by atoms with E-state index in [4.69, 9.17) is 11.6 Å². The number of aromatic nitrogens is 3. The highest BCUT2D eigenvalue weighted by atomic mass is 35.5. The van der Waals surface area contributed by atoms with E-state index in [2.05, 4.69) is 33.9 Å². The summed E-state index contributed by atoms with van der Waals surface area (Å²) in [6, 6.07) is 7.23. The molecule has 2 heterocycles. The molecule has 1 aromatic heterocycles. The third kappa shape index (κ3) is 3.67. The largest absolute Gasteiger partial charge is 0.342 e. The molecule has 0 bridgehead atoms. The molecule has 0 saturated heterocycles. The first-order valence-electron chi connectivity index (χ1n) is 8.20. The van der Waals surface area contributed by atoms with Crippen LogP contribution in [0.4, 0.5) is 0 Å². The van der Waals surface area contributed by atoms with E-state index in [1.54, 1.807) is 12.1 Å². The Labute approximate surface area is 146 Å². The van der Waals surface area contributed by atoms with Crippen LogP contribution in [0.3, 0.4) is 0 Å². The minimum Gasteiger partial charge on any atom is -0.342 e. The molecule has 1 atom stereocenters. The highest BCUT2D eigenvalue weighted by Crippen LogP contribution is 2.24. The SMILES string of the molecule is CC(C)C(NC(=O)C=Cc1cccc(Cl)c1)c1nnc2n1CCC2. The standard InChI is InChI=1S/C18H21ClN4O/c1-12(2)17(18-22-21-15-7-4-10-23(15)18)20-16(24)9-8-13-5-3-6-14(19)11-13/h3,5-6,8-9,11-12,17H,4,7,10H2,1-2H3,(H,20,24). The lowest BCUT2D eigenvalue weighted by Gasteiger charge is -2.21. The predicted octanol–water partition coefficient (Wildman–Crippen LogP) is 3.40. The number of nitrogens with zero attached hydrogens (tertiary/aromatic N) is 3. The van der Waals surface area contributed by atoms with Crippen molar-refractivity contribution in [2.75, 3.05) is 0 Å². The molecule has 3 rings (SSSR count). The first-order valence-corrected chi connectivity index (χ1v) is 8.58. The molecule has 0 radical (unpaired) electrons. The van der Waals surface area contributed by atoms with Crippen LogP contribution in [0.5, 0.6) is 0 Å². The van der Waals surface area contributed by atoms with Gasteiger partial charge in [-0.1, -0.05) is 37.6 Å². The number of nitrogens with one attached hydrogen (secondary N) is 1. The van der Waals surface area contributed by atoms with Gasteiger partial charge in [0.1, 0.15) is 5.82 Å². The van der Waals surface area contributed by atoms with Crippen LogP contribution in [-0.2, 0) is 17.8 Å². The fourth-order valence-electron chi connectivity index (χ4n) is 2.92. The molecule has 24 heavy (non-hydrogen) atoms. The summed E-state index contributed by atoms with van der Waals surface area (Å²) in [5, 5.41) is 12.2. The van der Waals surface area contributed by atoms with Crippen LogP contribution in [0.2, 0.25) is 5.02 Å². The lowest BCUT2D eigenvalue weighted by molar-refractivity contribution is -0.117. The topological polar surface area (TPSA) is 59.8 Å². The van der Waals surface area contributed by atoms with Gasteiger partial charge >= 0.3 is 0 Å². The van der Waals surface area contributed by atoms with E-state index >= 15 is 0 Å². The van der Waals surface area contributed by atoms with Crippen molar-refractivity contribution in [3.05, 3.63) is 52.6 Å². The van der Waals surface area contributed by atoms with Crippen LogP contribution in [0.15, 0.2) is 30.3 Å². The maximum Gasteiger partial charge on any atom is 0.244 e. The first kappa shape index (κ1) is 16.7. The summed E-state index contributed by atoms with van der Waals surface area (Å²) in [4.78, 5) is 12.3.